The predicted octanol–water partition coefficient (Wildman–Crippen LogP) is 4.65. The lowest BCUT2D eigenvalue weighted by Gasteiger charge is -2.16. The minimum atomic E-state index is -3.07. The Morgan fingerprint density at radius 3 is 2.30 bits per heavy atom. The summed E-state index contributed by atoms with van der Waals surface area (Å²) in [6.45, 7) is 4.06. The number of nitrogens with one attached hydrogen (secondary N) is 3. The molecule has 2 aromatic carbocycles. The van der Waals surface area contributed by atoms with Crippen molar-refractivity contribution in [3.8, 4) is 11.3 Å². The predicted molar refractivity (Wildman–Crippen MR) is 160 cm³/mol. The number of anilines is 3. The summed E-state index contributed by atoms with van der Waals surface area (Å²) in [5, 5.41) is 17.8. The first kappa shape index (κ1) is 32.4. The third kappa shape index (κ3) is 9.15. The van der Waals surface area contributed by atoms with Crippen LogP contribution in [-0.2, 0) is 10.5 Å². The first-order chi connectivity index (χ1) is 19.0. The van der Waals surface area contributed by atoms with Crippen LogP contribution in [0.15, 0.2) is 59.6 Å². The van der Waals surface area contributed by atoms with Gasteiger partial charge in [-0.05, 0) is 30.5 Å². The van der Waals surface area contributed by atoms with Crippen LogP contribution in [0.3, 0.4) is 0 Å². The van der Waals surface area contributed by atoms with E-state index in [9.17, 15) is 23.5 Å². The third-order valence-electron chi connectivity index (χ3n) is 4.97. The molecule has 0 radical (unpaired) electrons. The second-order valence-corrected chi connectivity index (χ2v) is 9.31. The SMILES string of the molecule is CC.CSc1nc(NCCO)nc(-c2cccc(NC(=O)Nc3ccc(C(F)(F)P)cc3)c2)c1/C(N)=C/C(N)=O. The number of benzene rings is 2. The number of thioether (sulfide) groups is 1. The van der Waals surface area contributed by atoms with Crippen molar-refractivity contribution in [2.24, 2.45) is 11.5 Å². The molecule has 40 heavy (non-hydrogen) atoms. The molecular weight excluding hydrogens is 559 g/mol. The maximum absolute atomic E-state index is 13.4. The van der Waals surface area contributed by atoms with E-state index in [2.05, 4.69) is 25.9 Å². The minimum absolute atomic E-state index is 0.0566. The molecule has 214 valence electrons. The molecule has 1 unspecified atom stereocenters. The number of nitrogens with two attached hydrogens (primary N) is 2. The summed E-state index contributed by atoms with van der Waals surface area (Å²) in [4.78, 5) is 33.0. The van der Waals surface area contributed by atoms with Gasteiger partial charge in [0.25, 0.3) is 5.66 Å². The Kier molecular flexibility index (Phi) is 12.2. The van der Waals surface area contributed by atoms with Gasteiger partial charge in [-0.1, -0.05) is 47.4 Å². The number of hydrogen-bond donors (Lipinski definition) is 6. The zero-order chi connectivity index (χ0) is 29.9. The molecular formula is C26H32F2N7O3PS. The summed E-state index contributed by atoms with van der Waals surface area (Å²) >= 11 is 1.27. The lowest BCUT2D eigenvalue weighted by Crippen LogP contribution is -2.19. The van der Waals surface area contributed by atoms with Gasteiger partial charge in [0.15, 0.2) is 0 Å². The molecule has 3 aromatic rings. The summed E-state index contributed by atoms with van der Waals surface area (Å²) in [6.07, 6.45) is 2.84. The first-order valence-electron chi connectivity index (χ1n) is 12.0. The maximum atomic E-state index is 13.4. The highest BCUT2D eigenvalue weighted by Gasteiger charge is 2.24. The Morgan fingerprint density at radius 2 is 1.73 bits per heavy atom. The second kappa shape index (κ2) is 15.1. The standard InChI is InChI=1S/C24H26F2N7O3PS.C2H6/c1-38-21-19(17(27)12-18(28)35)20(32-22(33-21)29-9-10-34)13-3-2-4-16(11-13)31-23(36)30-15-7-5-14(6-8-15)24(25,26)37;1-2/h2-8,11-12,34H,9-10,27,37H2,1H3,(H2,28,35)(H,29,32,33)(H2,30,31,36);1-2H3/b17-12-;. The number of carbonyl (C=O) groups is 2. The molecule has 0 fully saturated rings. The Balaban J connectivity index is 0.00000274. The zero-order valence-corrected chi connectivity index (χ0v) is 24.1. The maximum Gasteiger partial charge on any atom is 0.323 e. The van der Waals surface area contributed by atoms with Crippen molar-refractivity contribution in [1.82, 2.24) is 9.97 Å². The van der Waals surface area contributed by atoms with Gasteiger partial charge in [-0.2, -0.15) is 8.78 Å². The number of halogens is 2. The first-order valence-corrected chi connectivity index (χ1v) is 13.9. The summed E-state index contributed by atoms with van der Waals surface area (Å²) in [5.41, 5.74) is 10.3. The summed E-state index contributed by atoms with van der Waals surface area (Å²) < 4.78 is 26.8. The molecule has 3 rings (SSSR count). The van der Waals surface area contributed by atoms with E-state index in [1.54, 1.807) is 30.5 Å². The molecule has 0 spiro atoms. The molecule has 10 nitrogen and oxygen atoms in total. The topological polar surface area (TPSA) is 168 Å². The Morgan fingerprint density at radius 1 is 1.07 bits per heavy atom. The highest BCUT2D eigenvalue weighted by molar-refractivity contribution is 7.98. The Labute approximate surface area is 237 Å². The van der Waals surface area contributed by atoms with Crippen LogP contribution < -0.4 is 27.4 Å². The van der Waals surface area contributed by atoms with Crippen LogP contribution in [0.5, 0.6) is 0 Å². The molecule has 14 heteroatoms. The number of aliphatic hydroxyl groups is 1. The van der Waals surface area contributed by atoms with Crippen LogP contribution in [0.4, 0.5) is 30.9 Å². The van der Waals surface area contributed by atoms with E-state index in [0.717, 1.165) is 6.08 Å². The number of carbonyl (C=O) groups excluding carboxylic acids is 2. The normalized spacial score (nSPS) is 11.2. The van der Waals surface area contributed by atoms with Gasteiger partial charge in [0.1, 0.15) is 5.03 Å². The Hall–Kier alpha value is -3.80. The van der Waals surface area contributed by atoms with Crippen LogP contribution in [0.1, 0.15) is 25.0 Å². The zero-order valence-electron chi connectivity index (χ0n) is 22.2. The van der Waals surface area contributed by atoms with Gasteiger partial charge in [-0.15, -0.1) is 11.8 Å². The van der Waals surface area contributed by atoms with Gasteiger partial charge in [-0.25, -0.2) is 14.8 Å². The van der Waals surface area contributed by atoms with Crippen molar-refractivity contribution in [3.05, 3.63) is 65.7 Å². The number of nitrogens with zero attached hydrogens (tertiary/aromatic N) is 2. The molecule has 0 aliphatic rings. The second-order valence-electron chi connectivity index (χ2n) is 7.79. The summed E-state index contributed by atoms with van der Waals surface area (Å²) in [6, 6.07) is 11.3. The number of primary amides is 1. The fourth-order valence-electron chi connectivity index (χ4n) is 3.34. The van der Waals surface area contributed by atoms with E-state index in [-0.39, 0.29) is 30.4 Å². The summed E-state index contributed by atoms with van der Waals surface area (Å²) in [5.74, 6) is -0.519. The molecule has 1 atom stereocenters. The molecule has 0 saturated carbocycles. The minimum Gasteiger partial charge on any atom is -0.398 e. The average molecular weight is 592 g/mol. The summed E-state index contributed by atoms with van der Waals surface area (Å²) in [7, 11) is 1.46. The van der Waals surface area contributed by atoms with Crippen molar-refractivity contribution in [2.75, 3.05) is 35.4 Å². The number of urea groups is 1. The van der Waals surface area contributed by atoms with Gasteiger partial charge in [0, 0.05) is 40.8 Å². The molecule has 8 N–H and O–H groups in total. The van der Waals surface area contributed by atoms with Crippen LogP contribution in [0, 0.1) is 0 Å². The number of aliphatic hydroxyl groups excluding tert-OH is 1. The van der Waals surface area contributed by atoms with Crippen LogP contribution in [-0.4, -0.2) is 46.4 Å². The van der Waals surface area contributed by atoms with E-state index < -0.39 is 17.6 Å². The van der Waals surface area contributed by atoms with Crippen molar-refractivity contribution in [2.45, 2.75) is 24.5 Å². The smallest absolute Gasteiger partial charge is 0.323 e. The third-order valence-corrected chi connectivity index (χ3v) is 5.99. The monoisotopic (exact) mass is 591 g/mol. The fraction of sp³-hybridized carbons (Fsp3) is 0.231. The number of hydrogen-bond acceptors (Lipinski definition) is 8. The fourth-order valence-corrected chi connectivity index (χ4v) is 4.13. The van der Waals surface area contributed by atoms with Crippen LogP contribution in [0.25, 0.3) is 17.0 Å². The lowest BCUT2D eigenvalue weighted by molar-refractivity contribution is -0.113. The largest absolute Gasteiger partial charge is 0.398 e. The van der Waals surface area contributed by atoms with Gasteiger partial charge in [-0.3, -0.25) is 4.79 Å². The Bertz CT molecular complexity index is 1350. The van der Waals surface area contributed by atoms with Crippen LogP contribution in [0.2, 0.25) is 0 Å². The quantitative estimate of drug-likeness (QED) is 0.0857. The molecule has 1 aromatic heterocycles. The van der Waals surface area contributed by atoms with E-state index in [1.807, 2.05) is 13.8 Å². The van der Waals surface area contributed by atoms with Crippen molar-refractivity contribution < 1.29 is 23.5 Å². The number of aromatic nitrogens is 2. The van der Waals surface area contributed by atoms with Gasteiger partial charge >= 0.3 is 6.03 Å². The van der Waals surface area contributed by atoms with Crippen molar-refractivity contribution in [3.63, 3.8) is 0 Å². The van der Waals surface area contributed by atoms with E-state index in [4.69, 9.17) is 11.5 Å². The van der Waals surface area contributed by atoms with Gasteiger partial charge in [0.2, 0.25) is 11.9 Å². The average Bonchev–Trinajstić information content (AvgIpc) is 2.91. The van der Waals surface area contributed by atoms with Gasteiger partial charge < -0.3 is 32.5 Å². The lowest BCUT2D eigenvalue weighted by atomic mass is 10.0. The molecule has 3 amide bonds. The molecule has 1 heterocycles. The number of amides is 3. The van der Waals surface area contributed by atoms with Crippen molar-refractivity contribution >= 4 is 56.0 Å². The molecule has 0 aliphatic heterocycles. The molecule has 0 bridgehead atoms. The van der Waals surface area contributed by atoms with Crippen LogP contribution >= 0.6 is 21.0 Å². The number of rotatable bonds is 10. The van der Waals surface area contributed by atoms with E-state index in [0.29, 0.717) is 33.2 Å². The highest BCUT2D eigenvalue weighted by Crippen LogP contribution is 2.36. The van der Waals surface area contributed by atoms with E-state index >= 15 is 0 Å². The molecule has 0 saturated heterocycles. The van der Waals surface area contributed by atoms with Crippen molar-refractivity contribution in [1.29, 1.82) is 0 Å². The molecule has 0 aliphatic carbocycles. The van der Waals surface area contributed by atoms with Gasteiger partial charge in [0.05, 0.1) is 17.9 Å². The van der Waals surface area contributed by atoms with E-state index in [1.165, 1.54) is 45.3 Å². The number of alkyl halides is 2. The highest BCUT2D eigenvalue weighted by atomic mass is 32.2.